The summed E-state index contributed by atoms with van der Waals surface area (Å²) in [6.45, 7) is 1.17. The SMILES string of the molecule is CS(=O)(=O)c1cc(-c2ccc(C[C@@H](C#N)NC(=O)[C@@]34CCO[C@@H](CN3)C4)cc2)ccc1C#N. The average Bonchev–Trinajstić information content (AvgIpc) is 3.12. The van der Waals surface area contributed by atoms with Crippen LogP contribution in [-0.2, 0) is 25.8 Å². The van der Waals surface area contributed by atoms with E-state index in [0.717, 1.165) is 17.4 Å². The zero-order valence-corrected chi connectivity index (χ0v) is 19.0. The highest BCUT2D eigenvalue weighted by Gasteiger charge is 2.48. The maximum Gasteiger partial charge on any atom is 0.241 e. The van der Waals surface area contributed by atoms with E-state index >= 15 is 0 Å². The van der Waals surface area contributed by atoms with Gasteiger partial charge in [0.2, 0.25) is 5.91 Å². The Morgan fingerprint density at radius 1 is 1.24 bits per heavy atom. The summed E-state index contributed by atoms with van der Waals surface area (Å²) in [6, 6.07) is 15.5. The van der Waals surface area contributed by atoms with Gasteiger partial charge in [-0.15, -0.1) is 0 Å². The van der Waals surface area contributed by atoms with Crippen LogP contribution in [0.25, 0.3) is 11.1 Å². The lowest BCUT2D eigenvalue weighted by Crippen LogP contribution is -2.57. The number of nitrogens with zero attached hydrogens (tertiary/aromatic N) is 2. The van der Waals surface area contributed by atoms with E-state index in [0.29, 0.717) is 38.0 Å². The van der Waals surface area contributed by atoms with Crippen LogP contribution in [-0.4, -0.2) is 51.4 Å². The molecule has 2 aromatic rings. The third-order valence-corrected chi connectivity index (χ3v) is 7.39. The van der Waals surface area contributed by atoms with E-state index < -0.39 is 21.4 Å². The second-order valence-electron chi connectivity index (χ2n) is 8.56. The Morgan fingerprint density at radius 2 is 1.97 bits per heavy atom. The number of hydrogen-bond donors (Lipinski definition) is 2. The molecule has 9 heteroatoms. The van der Waals surface area contributed by atoms with Crippen molar-refractivity contribution in [2.75, 3.05) is 19.4 Å². The van der Waals surface area contributed by atoms with Crippen LogP contribution >= 0.6 is 0 Å². The molecule has 3 atom stereocenters. The van der Waals surface area contributed by atoms with Gasteiger partial charge < -0.3 is 15.4 Å². The molecule has 170 valence electrons. The third-order valence-electron chi connectivity index (χ3n) is 6.25. The smallest absolute Gasteiger partial charge is 0.241 e. The largest absolute Gasteiger partial charge is 0.377 e. The van der Waals surface area contributed by atoms with Crippen LogP contribution < -0.4 is 10.6 Å². The molecule has 2 saturated heterocycles. The van der Waals surface area contributed by atoms with Gasteiger partial charge >= 0.3 is 0 Å². The number of nitrogens with one attached hydrogen (secondary N) is 2. The van der Waals surface area contributed by atoms with Crippen LogP contribution in [0.1, 0.15) is 24.0 Å². The summed E-state index contributed by atoms with van der Waals surface area (Å²) in [5, 5.41) is 24.9. The fourth-order valence-corrected chi connectivity index (χ4v) is 5.29. The van der Waals surface area contributed by atoms with Gasteiger partial charge in [-0.2, -0.15) is 10.5 Å². The summed E-state index contributed by atoms with van der Waals surface area (Å²) in [5.74, 6) is -0.164. The summed E-state index contributed by atoms with van der Waals surface area (Å²) in [5.41, 5.74) is 1.77. The Hall–Kier alpha value is -3.24. The number of sulfone groups is 1. The molecule has 8 nitrogen and oxygen atoms in total. The monoisotopic (exact) mass is 464 g/mol. The number of ether oxygens (including phenoxy) is 1. The van der Waals surface area contributed by atoms with Crippen LogP contribution in [0.5, 0.6) is 0 Å². The minimum absolute atomic E-state index is 0.00548. The Morgan fingerprint density at radius 3 is 2.64 bits per heavy atom. The molecule has 2 bridgehead atoms. The van der Waals surface area contributed by atoms with E-state index in [9.17, 15) is 23.7 Å². The Bertz CT molecular complexity index is 1260. The zero-order valence-electron chi connectivity index (χ0n) is 18.2. The summed E-state index contributed by atoms with van der Waals surface area (Å²) >= 11 is 0. The second kappa shape index (κ2) is 8.95. The second-order valence-corrected chi connectivity index (χ2v) is 10.5. The van der Waals surface area contributed by atoms with Crippen molar-refractivity contribution < 1.29 is 17.9 Å². The van der Waals surface area contributed by atoms with Gasteiger partial charge in [0, 0.05) is 32.2 Å². The van der Waals surface area contributed by atoms with E-state index in [-0.39, 0.29) is 22.5 Å². The average molecular weight is 465 g/mol. The van der Waals surface area contributed by atoms with Gasteiger partial charge in [0.25, 0.3) is 0 Å². The first kappa shape index (κ1) is 22.9. The van der Waals surface area contributed by atoms with E-state index in [1.807, 2.05) is 30.3 Å². The number of amides is 1. The molecule has 2 fully saturated rings. The highest BCUT2D eigenvalue weighted by Crippen LogP contribution is 2.31. The predicted octanol–water partition coefficient (Wildman–Crippen LogP) is 1.70. The molecule has 0 aliphatic carbocycles. The minimum atomic E-state index is -3.54. The van der Waals surface area contributed by atoms with Crippen molar-refractivity contribution in [1.82, 2.24) is 10.6 Å². The van der Waals surface area contributed by atoms with Gasteiger partial charge in [0.05, 0.1) is 22.6 Å². The molecule has 0 spiro atoms. The normalized spacial score (nSPS) is 22.7. The number of nitriles is 2. The Kier molecular flexibility index (Phi) is 6.22. The third kappa shape index (κ3) is 4.76. The lowest BCUT2D eigenvalue weighted by atomic mass is 9.89. The van der Waals surface area contributed by atoms with Crippen molar-refractivity contribution in [3.8, 4) is 23.3 Å². The van der Waals surface area contributed by atoms with Crippen molar-refractivity contribution in [3.63, 3.8) is 0 Å². The topological polar surface area (TPSA) is 132 Å². The molecule has 2 N–H and O–H groups in total. The van der Waals surface area contributed by atoms with E-state index in [1.54, 1.807) is 6.07 Å². The molecule has 4 rings (SSSR count). The van der Waals surface area contributed by atoms with Crippen LogP contribution in [0.3, 0.4) is 0 Å². The molecular formula is C24H24N4O4S. The van der Waals surface area contributed by atoms with Crippen LogP contribution in [0, 0.1) is 22.7 Å². The van der Waals surface area contributed by atoms with E-state index in [1.165, 1.54) is 12.1 Å². The molecule has 2 aliphatic heterocycles. The molecule has 2 aromatic carbocycles. The lowest BCUT2D eigenvalue weighted by Gasteiger charge is -2.32. The maximum absolute atomic E-state index is 12.9. The fourth-order valence-electron chi connectivity index (χ4n) is 4.43. The molecule has 2 heterocycles. The van der Waals surface area contributed by atoms with Crippen LogP contribution in [0.15, 0.2) is 47.4 Å². The molecule has 2 aliphatic rings. The molecule has 33 heavy (non-hydrogen) atoms. The molecule has 1 amide bonds. The molecule has 0 unspecified atom stereocenters. The zero-order chi connectivity index (χ0) is 23.6. The minimum Gasteiger partial charge on any atom is -0.377 e. The highest BCUT2D eigenvalue weighted by atomic mass is 32.2. The molecule has 0 saturated carbocycles. The predicted molar refractivity (Wildman–Crippen MR) is 121 cm³/mol. The molecular weight excluding hydrogens is 440 g/mol. The van der Waals surface area contributed by atoms with Gasteiger partial charge in [-0.3, -0.25) is 4.79 Å². The van der Waals surface area contributed by atoms with Gasteiger partial charge in [0.1, 0.15) is 17.6 Å². The standard InChI is InChI=1S/C24H24N4O4S/c1-33(30,31)22-11-18(6-7-19(22)13-25)17-4-2-16(3-5-17)10-20(14-26)28-23(29)24-8-9-32-21(12-24)15-27-24/h2-7,11,20-21,27H,8-10,12,15H2,1H3,(H,28,29)/t20-,21+,24-/m0/s1. The number of benzene rings is 2. The van der Waals surface area contributed by atoms with Crippen molar-refractivity contribution in [2.24, 2.45) is 0 Å². The fraction of sp³-hybridized carbons (Fsp3) is 0.375. The number of fused-ring (bicyclic) bond motifs is 2. The highest BCUT2D eigenvalue weighted by molar-refractivity contribution is 7.90. The van der Waals surface area contributed by atoms with Crippen LogP contribution in [0.4, 0.5) is 0 Å². The Balaban J connectivity index is 1.47. The first-order valence-corrected chi connectivity index (χ1v) is 12.5. The maximum atomic E-state index is 12.9. The summed E-state index contributed by atoms with van der Waals surface area (Å²) < 4.78 is 29.7. The van der Waals surface area contributed by atoms with Gasteiger partial charge in [-0.05, 0) is 35.2 Å². The Labute approximate surface area is 193 Å². The van der Waals surface area contributed by atoms with Crippen molar-refractivity contribution >= 4 is 15.7 Å². The summed E-state index contributed by atoms with van der Waals surface area (Å²) in [6.07, 6.45) is 2.67. The van der Waals surface area contributed by atoms with Crippen molar-refractivity contribution in [3.05, 3.63) is 53.6 Å². The molecule has 0 radical (unpaired) electrons. The quantitative estimate of drug-likeness (QED) is 0.665. The van der Waals surface area contributed by atoms with Gasteiger partial charge in [-0.1, -0.05) is 30.3 Å². The van der Waals surface area contributed by atoms with Crippen LogP contribution in [0.2, 0.25) is 0 Å². The first-order valence-electron chi connectivity index (χ1n) is 10.6. The van der Waals surface area contributed by atoms with E-state index in [4.69, 9.17) is 4.74 Å². The van der Waals surface area contributed by atoms with Gasteiger partial charge in [0.15, 0.2) is 9.84 Å². The lowest BCUT2D eigenvalue weighted by molar-refractivity contribution is -0.130. The van der Waals surface area contributed by atoms with Crippen molar-refractivity contribution in [2.45, 2.75) is 41.8 Å². The first-order chi connectivity index (χ1) is 15.7. The number of rotatable bonds is 6. The van der Waals surface area contributed by atoms with Crippen molar-refractivity contribution in [1.29, 1.82) is 10.5 Å². The van der Waals surface area contributed by atoms with E-state index in [2.05, 4.69) is 16.7 Å². The summed E-state index contributed by atoms with van der Waals surface area (Å²) in [4.78, 5) is 12.9. The number of carbonyl (C=O) groups is 1. The summed E-state index contributed by atoms with van der Waals surface area (Å²) in [7, 11) is -3.54. The van der Waals surface area contributed by atoms with Gasteiger partial charge in [-0.25, -0.2) is 8.42 Å². The number of hydrogen-bond acceptors (Lipinski definition) is 7. The molecule has 0 aromatic heterocycles. The number of carbonyl (C=O) groups excluding carboxylic acids is 1.